The molecule has 0 spiro atoms. The number of ketones is 1. The summed E-state index contributed by atoms with van der Waals surface area (Å²) in [5.41, 5.74) is 0.694. The maximum Gasteiger partial charge on any atom is 0.333 e. The van der Waals surface area contributed by atoms with Gasteiger partial charge in [-0.15, -0.1) is 0 Å². The lowest BCUT2D eigenvalue weighted by Crippen LogP contribution is -2.40. The van der Waals surface area contributed by atoms with Crippen molar-refractivity contribution >= 4 is 29.7 Å². The van der Waals surface area contributed by atoms with Gasteiger partial charge in [0.05, 0.1) is 31.3 Å². The number of aliphatic hydroxyl groups excluding tert-OH is 2. The van der Waals surface area contributed by atoms with Crippen molar-refractivity contribution in [1.29, 1.82) is 0 Å². The van der Waals surface area contributed by atoms with E-state index >= 15 is 0 Å². The Morgan fingerprint density at radius 3 is 2.40 bits per heavy atom. The molecule has 0 radical (unpaired) electrons. The number of ether oxygens (including phenoxy) is 3. The monoisotopic (exact) mass is 748 g/mol. The molecule has 5 N–H and O–H groups in total. The molecule has 1 amide bonds. The molecule has 0 aromatic heterocycles. The number of unbranched alkanes of at least 4 members (excludes halogenated alkanes) is 5. The fraction of sp³-hybridized carbons (Fsp3) is 0.641. The van der Waals surface area contributed by atoms with Crippen molar-refractivity contribution in [2.24, 2.45) is 11.8 Å². The molecule has 14 heteroatoms. The summed E-state index contributed by atoms with van der Waals surface area (Å²) in [6.45, 7) is 3.64. The van der Waals surface area contributed by atoms with E-state index in [2.05, 4.69) is 17.1 Å². The number of hydrogen-bond acceptors (Lipinski definition) is 13. The van der Waals surface area contributed by atoms with Crippen LogP contribution in [0.1, 0.15) is 116 Å². The number of rotatable bonds is 27. The third kappa shape index (κ3) is 18.8. The Morgan fingerprint density at radius 2 is 1.66 bits per heavy atom. The Labute approximate surface area is 313 Å². The Balaban J connectivity index is 1.70. The molecule has 1 saturated carbocycles. The summed E-state index contributed by atoms with van der Waals surface area (Å²) >= 11 is 0. The van der Waals surface area contributed by atoms with Crippen LogP contribution in [0.25, 0.3) is 6.08 Å². The van der Waals surface area contributed by atoms with Gasteiger partial charge in [0.1, 0.15) is 18.4 Å². The lowest BCUT2D eigenvalue weighted by molar-refractivity contribution is -0.492. The molecule has 0 bridgehead atoms. The number of Topliss-reactive ketones (excluding diaryl/α,β-unsaturated/α-hetero) is 1. The minimum atomic E-state index is -0.907. The summed E-state index contributed by atoms with van der Waals surface area (Å²) < 4.78 is 15.9. The third-order valence-electron chi connectivity index (χ3n) is 9.20. The van der Waals surface area contributed by atoms with Gasteiger partial charge >= 0.3 is 11.9 Å². The van der Waals surface area contributed by atoms with Gasteiger partial charge in [-0.2, -0.15) is 0 Å². The summed E-state index contributed by atoms with van der Waals surface area (Å²) in [5, 5.41) is 40.2. The van der Waals surface area contributed by atoms with Crippen LogP contribution in [0.15, 0.2) is 36.4 Å². The van der Waals surface area contributed by atoms with Gasteiger partial charge in [0, 0.05) is 25.7 Å². The molecule has 53 heavy (non-hydrogen) atoms. The van der Waals surface area contributed by atoms with Crippen LogP contribution < -0.4 is 14.8 Å². The molecule has 0 saturated heterocycles. The maximum absolute atomic E-state index is 12.7. The van der Waals surface area contributed by atoms with Crippen molar-refractivity contribution in [1.82, 2.24) is 10.7 Å². The van der Waals surface area contributed by atoms with Crippen LogP contribution in [-0.4, -0.2) is 88.2 Å². The molecule has 1 aromatic carbocycles. The predicted molar refractivity (Wildman–Crippen MR) is 196 cm³/mol. The molecular formula is C39H60N2O12. The van der Waals surface area contributed by atoms with Gasteiger partial charge in [0.25, 0.3) is 0 Å². The summed E-state index contributed by atoms with van der Waals surface area (Å²) in [6, 6.07) is 3.97. The number of aliphatic hydroxyl groups is 2. The number of allylic oxidation sites excluding steroid dienone is 2. The van der Waals surface area contributed by atoms with Crippen molar-refractivity contribution in [3.8, 4) is 11.5 Å². The molecular weight excluding hydrogens is 688 g/mol. The molecule has 298 valence electrons. The topological polar surface area (TPSA) is 201 Å². The zero-order chi connectivity index (χ0) is 39.0. The van der Waals surface area contributed by atoms with Crippen molar-refractivity contribution in [2.45, 2.75) is 128 Å². The second-order valence-corrected chi connectivity index (χ2v) is 13.4. The van der Waals surface area contributed by atoms with Crippen LogP contribution in [0.3, 0.4) is 0 Å². The summed E-state index contributed by atoms with van der Waals surface area (Å²) in [5.74, 6) is -0.968. The van der Waals surface area contributed by atoms with E-state index in [9.17, 15) is 29.4 Å². The predicted octanol–water partition coefficient (Wildman–Crippen LogP) is 5.64. The molecule has 1 aliphatic carbocycles. The Bertz CT molecular complexity index is 1320. The van der Waals surface area contributed by atoms with E-state index in [0.717, 1.165) is 19.3 Å². The molecule has 0 aliphatic heterocycles. The van der Waals surface area contributed by atoms with Crippen molar-refractivity contribution in [3.63, 3.8) is 0 Å². The van der Waals surface area contributed by atoms with E-state index in [1.54, 1.807) is 30.4 Å². The van der Waals surface area contributed by atoms with Crippen LogP contribution in [0.5, 0.6) is 11.5 Å². The Hall–Kier alpha value is -3.66. The van der Waals surface area contributed by atoms with E-state index in [-0.39, 0.29) is 67.5 Å². The highest BCUT2D eigenvalue weighted by molar-refractivity contribution is 5.85. The van der Waals surface area contributed by atoms with E-state index in [1.165, 1.54) is 26.9 Å². The molecule has 1 unspecified atom stereocenters. The van der Waals surface area contributed by atoms with E-state index < -0.39 is 35.6 Å². The van der Waals surface area contributed by atoms with Crippen molar-refractivity contribution in [2.75, 3.05) is 20.3 Å². The lowest BCUT2D eigenvalue weighted by atomic mass is 9.86. The van der Waals surface area contributed by atoms with Crippen LogP contribution >= 0.6 is 0 Å². The van der Waals surface area contributed by atoms with Crippen molar-refractivity contribution < 1.29 is 58.9 Å². The first kappa shape index (κ1) is 45.5. The third-order valence-corrected chi connectivity index (χ3v) is 9.20. The quantitative estimate of drug-likeness (QED) is 0.0244. The molecule has 1 fully saturated rings. The SMILES string of the molecule is CCCCCCCC(=O)CC[C@@H]1[C@@H](C/C=C\CCCC(=O)NC(C)C(=O)Oc2ccc(/C=C/COC(=O)CCCON(O)O)cc2OC)[C@@H](O)C[C@H]1O. The van der Waals surface area contributed by atoms with Gasteiger partial charge in [-0.05, 0) is 87.5 Å². The molecule has 5 atom stereocenters. The minimum absolute atomic E-state index is 0.0118. The summed E-state index contributed by atoms with van der Waals surface area (Å²) in [7, 11) is 1.43. The van der Waals surface area contributed by atoms with Crippen LogP contribution in [0.4, 0.5) is 0 Å². The zero-order valence-corrected chi connectivity index (χ0v) is 31.5. The number of nitrogens with zero attached hydrogens (tertiary/aromatic N) is 1. The number of carbonyl (C=O) groups excluding carboxylic acids is 4. The highest BCUT2D eigenvalue weighted by Crippen LogP contribution is 2.38. The number of carbonyl (C=O) groups is 4. The normalized spacial score (nSPS) is 19.2. The number of nitrogens with one attached hydrogen (secondary N) is 1. The smallest absolute Gasteiger partial charge is 0.333 e. The molecule has 1 aliphatic rings. The summed E-state index contributed by atoms with van der Waals surface area (Å²) in [4.78, 5) is 53.7. The Kier molecular flexibility index (Phi) is 22.5. The first-order valence-corrected chi connectivity index (χ1v) is 18.8. The second-order valence-electron chi connectivity index (χ2n) is 13.4. The van der Waals surface area contributed by atoms with Gasteiger partial charge in [-0.25, -0.2) is 4.79 Å². The molecule has 0 heterocycles. The van der Waals surface area contributed by atoms with Gasteiger partial charge in [0.15, 0.2) is 11.5 Å². The Morgan fingerprint density at radius 1 is 0.906 bits per heavy atom. The molecule has 14 nitrogen and oxygen atoms in total. The van der Waals surface area contributed by atoms with Gasteiger partial charge < -0.3 is 29.7 Å². The fourth-order valence-corrected chi connectivity index (χ4v) is 6.24. The van der Waals surface area contributed by atoms with Crippen LogP contribution in [0.2, 0.25) is 0 Å². The zero-order valence-electron chi connectivity index (χ0n) is 31.5. The highest BCUT2D eigenvalue weighted by atomic mass is 17.1. The molecule has 1 aromatic rings. The van der Waals surface area contributed by atoms with Gasteiger partial charge in [-0.1, -0.05) is 56.9 Å². The van der Waals surface area contributed by atoms with E-state index in [1.807, 2.05) is 12.2 Å². The van der Waals surface area contributed by atoms with Crippen LogP contribution in [-0.2, 0) is 28.8 Å². The van der Waals surface area contributed by atoms with E-state index in [0.29, 0.717) is 50.5 Å². The van der Waals surface area contributed by atoms with Gasteiger partial charge in [-0.3, -0.25) is 29.6 Å². The number of benzene rings is 1. The first-order valence-electron chi connectivity index (χ1n) is 18.8. The first-order chi connectivity index (χ1) is 25.4. The number of hydrogen-bond donors (Lipinski definition) is 5. The minimum Gasteiger partial charge on any atom is -0.493 e. The lowest BCUT2D eigenvalue weighted by Gasteiger charge is -2.22. The average Bonchev–Trinajstić information content (AvgIpc) is 3.39. The number of esters is 2. The van der Waals surface area contributed by atoms with E-state index in [4.69, 9.17) is 24.6 Å². The standard InChI is InChI=1S/C39H60N2O12/c1-4-5-6-7-10-16-30(42)21-22-32-31(33(43)27-34(32)44)17-11-8-9-12-18-37(45)40-28(2)39(47)53-35-23-20-29(26-36(35)50-3)15-13-24-51-38(46)19-14-25-52-41(48)49/h8,11,13,15,20,23,26,28,31-34,43-44,48-49H,4-7,9-10,12,14,16-19,21-22,24-25,27H2,1-3H3,(H,40,45)/b11-8-,15-13+/t28?,31-,32-,33+,34-/m1/s1. The second kappa shape index (κ2) is 26.2. The average molecular weight is 749 g/mol. The largest absolute Gasteiger partial charge is 0.493 e. The number of methoxy groups -OCH3 is 1. The highest BCUT2D eigenvalue weighted by Gasteiger charge is 2.40. The fourth-order valence-electron chi connectivity index (χ4n) is 6.24. The van der Waals surface area contributed by atoms with Gasteiger partial charge in [0.2, 0.25) is 5.91 Å². The van der Waals surface area contributed by atoms with Crippen molar-refractivity contribution in [3.05, 3.63) is 42.0 Å². The van der Waals surface area contributed by atoms with Crippen LogP contribution in [0, 0.1) is 11.8 Å². The maximum atomic E-state index is 12.7. The number of amides is 1. The summed E-state index contributed by atoms with van der Waals surface area (Å²) in [6.07, 6.45) is 15.7. The molecule has 2 rings (SSSR count).